The van der Waals surface area contributed by atoms with Gasteiger partial charge in [0.05, 0.1) is 12.7 Å². The molecule has 0 bridgehead atoms. The molecule has 1 amide bonds. The van der Waals surface area contributed by atoms with E-state index in [1.54, 1.807) is 7.11 Å². The van der Waals surface area contributed by atoms with Gasteiger partial charge < -0.3 is 20.1 Å². The Labute approximate surface area is 158 Å². The van der Waals surface area contributed by atoms with E-state index in [0.717, 1.165) is 37.2 Å². The zero-order valence-corrected chi connectivity index (χ0v) is 15.2. The molecule has 27 heavy (non-hydrogen) atoms. The lowest BCUT2D eigenvalue weighted by molar-refractivity contribution is 0.0614. The summed E-state index contributed by atoms with van der Waals surface area (Å²) >= 11 is 0. The second-order valence-corrected chi connectivity index (χ2v) is 6.50. The van der Waals surface area contributed by atoms with Crippen LogP contribution >= 0.6 is 0 Å². The van der Waals surface area contributed by atoms with Gasteiger partial charge in [-0.25, -0.2) is 4.79 Å². The number of amides is 1. The number of hydrogen-bond donors (Lipinski definition) is 2. The number of benzene rings is 1. The maximum atomic E-state index is 13.1. The molecule has 142 valence electrons. The van der Waals surface area contributed by atoms with Crippen molar-refractivity contribution in [3.63, 3.8) is 0 Å². The maximum Gasteiger partial charge on any atom is 0.337 e. The molecular formula is C20H23N3O4. The SMILES string of the molecule is COc1ccc(CN(C(=O)c2ccc(C(=O)O)cn2)C2CCNCC2)cc1. The molecule has 0 saturated carbocycles. The molecule has 1 aromatic heterocycles. The first-order valence-corrected chi connectivity index (χ1v) is 8.92. The van der Waals surface area contributed by atoms with Crippen molar-refractivity contribution in [1.29, 1.82) is 0 Å². The number of nitrogens with zero attached hydrogens (tertiary/aromatic N) is 2. The zero-order valence-electron chi connectivity index (χ0n) is 15.2. The smallest absolute Gasteiger partial charge is 0.337 e. The first-order valence-electron chi connectivity index (χ1n) is 8.92. The molecule has 1 aliphatic rings. The predicted molar refractivity (Wildman–Crippen MR) is 100.0 cm³/mol. The number of piperidine rings is 1. The summed E-state index contributed by atoms with van der Waals surface area (Å²) in [5.41, 5.74) is 1.33. The molecule has 7 nitrogen and oxygen atoms in total. The molecule has 1 fully saturated rings. The second kappa shape index (κ2) is 8.64. The molecule has 2 aromatic rings. The number of ether oxygens (including phenoxy) is 1. The first kappa shape index (κ1) is 18.8. The highest BCUT2D eigenvalue weighted by Gasteiger charge is 2.27. The van der Waals surface area contributed by atoms with Gasteiger partial charge in [0.15, 0.2) is 0 Å². The summed E-state index contributed by atoms with van der Waals surface area (Å²) in [5.74, 6) is -0.478. The average Bonchev–Trinajstić information content (AvgIpc) is 2.72. The van der Waals surface area contributed by atoms with Crippen LogP contribution in [0.5, 0.6) is 5.75 Å². The van der Waals surface area contributed by atoms with Crippen molar-refractivity contribution in [3.05, 3.63) is 59.4 Å². The van der Waals surface area contributed by atoms with E-state index in [1.807, 2.05) is 29.2 Å². The second-order valence-electron chi connectivity index (χ2n) is 6.50. The third-order valence-electron chi connectivity index (χ3n) is 4.75. The predicted octanol–water partition coefficient (Wildman–Crippen LogP) is 2.18. The molecular weight excluding hydrogens is 346 g/mol. The van der Waals surface area contributed by atoms with Crippen LogP contribution in [-0.4, -0.2) is 53.1 Å². The molecule has 1 aliphatic heterocycles. The van der Waals surface area contributed by atoms with Crippen molar-refractivity contribution >= 4 is 11.9 Å². The van der Waals surface area contributed by atoms with Crippen molar-refractivity contribution in [2.45, 2.75) is 25.4 Å². The van der Waals surface area contributed by atoms with Crippen LogP contribution in [0, 0.1) is 0 Å². The molecule has 7 heteroatoms. The normalized spacial score (nSPS) is 14.6. The highest BCUT2D eigenvalue weighted by atomic mass is 16.5. The standard InChI is InChI=1S/C20H23N3O4/c1-27-17-5-2-14(3-6-17)13-23(16-8-10-21-11-9-16)19(24)18-7-4-15(12-22-18)20(25)26/h2-7,12,16,21H,8-11,13H2,1H3,(H,25,26). The fourth-order valence-electron chi connectivity index (χ4n) is 3.21. The summed E-state index contributed by atoms with van der Waals surface area (Å²) in [6.45, 7) is 2.20. The van der Waals surface area contributed by atoms with Crippen molar-refractivity contribution in [1.82, 2.24) is 15.2 Å². The summed E-state index contributed by atoms with van der Waals surface area (Å²) in [5, 5.41) is 12.3. The van der Waals surface area contributed by atoms with Gasteiger partial charge in [-0.05, 0) is 55.8 Å². The minimum Gasteiger partial charge on any atom is -0.497 e. The van der Waals surface area contributed by atoms with Gasteiger partial charge in [0.2, 0.25) is 0 Å². The minimum atomic E-state index is -1.06. The molecule has 3 rings (SSSR count). The Morgan fingerprint density at radius 2 is 1.89 bits per heavy atom. The molecule has 2 heterocycles. The topological polar surface area (TPSA) is 91.8 Å². The van der Waals surface area contributed by atoms with Gasteiger partial charge in [0, 0.05) is 18.8 Å². The highest BCUT2D eigenvalue weighted by Crippen LogP contribution is 2.20. The fraction of sp³-hybridized carbons (Fsp3) is 0.350. The van der Waals surface area contributed by atoms with E-state index in [0.29, 0.717) is 6.54 Å². The Kier molecular flexibility index (Phi) is 6.03. The van der Waals surface area contributed by atoms with Crippen LogP contribution in [0.3, 0.4) is 0 Å². The van der Waals surface area contributed by atoms with Crippen molar-refractivity contribution < 1.29 is 19.4 Å². The Morgan fingerprint density at radius 1 is 1.19 bits per heavy atom. The summed E-state index contributed by atoms with van der Waals surface area (Å²) in [6, 6.07) is 10.6. The van der Waals surface area contributed by atoms with E-state index in [9.17, 15) is 9.59 Å². The third-order valence-corrected chi connectivity index (χ3v) is 4.75. The summed E-state index contributed by atoms with van der Waals surface area (Å²) in [7, 11) is 1.62. The van der Waals surface area contributed by atoms with Crippen LogP contribution < -0.4 is 10.1 Å². The number of carboxylic acids is 1. The molecule has 1 saturated heterocycles. The molecule has 0 unspecified atom stereocenters. The Bertz CT molecular complexity index is 784. The lowest BCUT2D eigenvalue weighted by Gasteiger charge is -2.34. The van der Waals surface area contributed by atoms with E-state index in [2.05, 4.69) is 10.3 Å². The van der Waals surface area contributed by atoms with Gasteiger partial charge in [0.1, 0.15) is 11.4 Å². The Morgan fingerprint density at radius 3 is 2.44 bits per heavy atom. The number of aromatic nitrogens is 1. The van der Waals surface area contributed by atoms with Crippen LogP contribution in [0.1, 0.15) is 39.3 Å². The van der Waals surface area contributed by atoms with Crippen LogP contribution in [0.2, 0.25) is 0 Å². The minimum absolute atomic E-state index is 0.0649. The first-order chi connectivity index (χ1) is 13.1. The van der Waals surface area contributed by atoms with Crippen molar-refractivity contribution in [2.75, 3.05) is 20.2 Å². The number of pyridine rings is 1. The van der Waals surface area contributed by atoms with Crippen LogP contribution in [0.15, 0.2) is 42.6 Å². The fourth-order valence-corrected chi connectivity index (χ4v) is 3.21. The quantitative estimate of drug-likeness (QED) is 0.811. The Balaban J connectivity index is 1.83. The molecule has 0 atom stereocenters. The van der Waals surface area contributed by atoms with E-state index >= 15 is 0 Å². The van der Waals surface area contributed by atoms with E-state index in [4.69, 9.17) is 9.84 Å². The number of carbonyl (C=O) groups is 2. The molecule has 0 aliphatic carbocycles. The monoisotopic (exact) mass is 369 g/mol. The van der Waals surface area contributed by atoms with Crippen LogP contribution in [0.25, 0.3) is 0 Å². The zero-order chi connectivity index (χ0) is 19.2. The van der Waals surface area contributed by atoms with Gasteiger partial charge in [-0.1, -0.05) is 12.1 Å². The number of nitrogens with one attached hydrogen (secondary N) is 1. The van der Waals surface area contributed by atoms with Gasteiger partial charge in [-0.15, -0.1) is 0 Å². The molecule has 0 radical (unpaired) electrons. The van der Waals surface area contributed by atoms with E-state index < -0.39 is 5.97 Å². The van der Waals surface area contributed by atoms with E-state index in [1.165, 1.54) is 18.3 Å². The van der Waals surface area contributed by atoms with Crippen LogP contribution in [-0.2, 0) is 6.54 Å². The van der Waals surface area contributed by atoms with Gasteiger partial charge in [0.25, 0.3) is 5.91 Å². The lowest BCUT2D eigenvalue weighted by Crippen LogP contribution is -2.46. The number of aromatic carboxylic acids is 1. The number of hydrogen-bond acceptors (Lipinski definition) is 5. The van der Waals surface area contributed by atoms with Crippen molar-refractivity contribution in [3.8, 4) is 5.75 Å². The molecule has 0 spiro atoms. The molecule has 2 N–H and O–H groups in total. The average molecular weight is 369 g/mol. The third kappa shape index (κ3) is 4.62. The van der Waals surface area contributed by atoms with Crippen molar-refractivity contribution in [2.24, 2.45) is 0 Å². The summed E-state index contributed by atoms with van der Waals surface area (Å²) in [6.07, 6.45) is 2.97. The number of methoxy groups -OCH3 is 1. The Hall–Kier alpha value is -2.93. The van der Waals surface area contributed by atoms with Gasteiger partial charge in [-0.3, -0.25) is 9.78 Å². The highest BCUT2D eigenvalue weighted by molar-refractivity contribution is 5.94. The number of carbonyl (C=O) groups excluding carboxylic acids is 1. The summed E-state index contributed by atoms with van der Waals surface area (Å²) < 4.78 is 5.19. The van der Waals surface area contributed by atoms with Crippen LogP contribution in [0.4, 0.5) is 0 Å². The maximum absolute atomic E-state index is 13.1. The number of rotatable bonds is 6. The van der Waals surface area contributed by atoms with Gasteiger partial charge in [-0.2, -0.15) is 0 Å². The van der Waals surface area contributed by atoms with E-state index in [-0.39, 0.29) is 23.2 Å². The van der Waals surface area contributed by atoms with Gasteiger partial charge >= 0.3 is 5.97 Å². The lowest BCUT2D eigenvalue weighted by atomic mass is 10.0. The largest absolute Gasteiger partial charge is 0.497 e. The number of carboxylic acid groups (broad SMARTS) is 1. The molecule has 1 aromatic carbocycles. The summed E-state index contributed by atoms with van der Waals surface area (Å²) in [4.78, 5) is 30.0.